The minimum absolute atomic E-state index is 0.0258. The molecule has 0 aliphatic carbocycles. The van der Waals surface area contributed by atoms with Crippen LogP contribution in [0.4, 0.5) is 5.69 Å². The third-order valence-corrected chi connectivity index (χ3v) is 3.86. The third-order valence-electron chi connectivity index (χ3n) is 3.55. The Bertz CT molecular complexity index is 518. The molecule has 0 bridgehead atoms. The normalized spacial score (nSPS) is 18.3. The smallest absolute Gasteiger partial charge is 0.224 e. The van der Waals surface area contributed by atoms with Gasteiger partial charge in [-0.05, 0) is 56.5 Å². The van der Waals surface area contributed by atoms with Crippen LogP contribution in [0.1, 0.15) is 31.2 Å². The lowest BCUT2D eigenvalue weighted by Crippen LogP contribution is -2.30. The minimum atomic E-state index is -0.0258. The van der Waals surface area contributed by atoms with Crippen molar-refractivity contribution >= 4 is 23.2 Å². The molecule has 1 fully saturated rings. The average molecular weight is 292 g/mol. The maximum atomic E-state index is 11.9. The average Bonchev–Trinajstić information content (AvgIpc) is 2.48. The fourth-order valence-electron chi connectivity index (χ4n) is 2.40. The lowest BCUT2D eigenvalue weighted by atomic mass is 9.94. The summed E-state index contributed by atoms with van der Waals surface area (Å²) in [5.41, 5.74) is 1.05. The number of hydrogen-bond acceptors (Lipinski definition) is 3. The van der Waals surface area contributed by atoms with E-state index in [0.29, 0.717) is 28.6 Å². The summed E-state index contributed by atoms with van der Waals surface area (Å²) < 4.78 is 0. The van der Waals surface area contributed by atoms with E-state index in [9.17, 15) is 4.79 Å². The summed E-state index contributed by atoms with van der Waals surface area (Å²) >= 11 is 6.03. The molecule has 0 radical (unpaired) electrons. The summed E-state index contributed by atoms with van der Waals surface area (Å²) in [5, 5.41) is 15.3. The zero-order chi connectivity index (χ0) is 14.4. The molecule has 1 unspecified atom stereocenters. The molecule has 1 amide bonds. The van der Waals surface area contributed by atoms with E-state index in [1.165, 1.54) is 12.8 Å². The molecule has 4 nitrogen and oxygen atoms in total. The van der Waals surface area contributed by atoms with Crippen LogP contribution in [0.3, 0.4) is 0 Å². The summed E-state index contributed by atoms with van der Waals surface area (Å²) in [4.78, 5) is 11.9. The lowest BCUT2D eigenvalue weighted by Gasteiger charge is -2.22. The Morgan fingerprint density at radius 2 is 2.40 bits per heavy atom. The molecule has 0 spiro atoms. The number of benzene rings is 1. The third kappa shape index (κ3) is 4.22. The van der Waals surface area contributed by atoms with Crippen LogP contribution in [0.15, 0.2) is 18.2 Å². The predicted molar refractivity (Wildman–Crippen MR) is 79.6 cm³/mol. The van der Waals surface area contributed by atoms with Gasteiger partial charge >= 0.3 is 0 Å². The zero-order valence-corrected chi connectivity index (χ0v) is 12.0. The summed E-state index contributed by atoms with van der Waals surface area (Å²) in [5.74, 6) is 0.563. The highest BCUT2D eigenvalue weighted by Gasteiger charge is 2.15. The highest BCUT2D eigenvalue weighted by atomic mass is 35.5. The Morgan fingerprint density at radius 3 is 3.05 bits per heavy atom. The lowest BCUT2D eigenvalue weighted by molar-refractivity contribution is -0.116. The fourth-order valence-corrected chi connectivity index (χ4v) is 2.63. The SMILES string of the molecule is N#Cc1ccc(NC(=O)CCC2CCCNC2)c(Cl)c1. The molecule has 2 N–H and O–H groups in total. The Kier molecular flexibility index (Phi) is 5.40. The minimum Gasteiger partial charge on any atom is -0.325 e. The number of carbonyl (C=O) groups is 1. The Labute approximate surface area is 124 Å². The van der Waals surface area contributed by atoms with Crippen molar-refractivity contribution in [2.45, 2.75) is 25.7 Å². The largest absolute Gasteiger partial charge is 0.325 e. The van der Waals surface area contributed by atoms with E-state index in [2.05, 4.69) is 10.6 Å². The van der Waals surface area contributed by atoms with E-state index in [-0.39, 0.29) is 5.91 Å². The van der Waals surface area contributed by atoms with Crippen molar-refractivity contribution in [1.29, 1.82) is 5.26 Å². The molecule has 1 aliphatic heterocycles. The number of carbonyl (C=O) groups excluding carboxylic acids is 1. The highest BCUT2D eigenvalue weighted by Crippen LogP contribution is 2.23. The van der Waals surface area contributed by atoms with Gasteiger partial charge in [-0.3, -0.25) is 4.79 Å². The van der Waals surface area contributed by atoms with Gasteiger partial charge in [0.05, 0.1) is 22.3 Å². The van der Waals surface area contributed by atoms with Crippen molar-refractivity contribution in [3.63, 3.8) is 0 Å². The second kappa shape index (κ2) is 7.28. The number of hydrogen-bond donors (Lipinski definition) is 2. The molecule has 0 aromatic heterocycles. The number of nitrogens with one attached hydrogen (secondary N) is 2. The van der Waals surface area contributed by atoms with Crippen molar-refractivity contribution in [2.75, 3.05) is 18.4 Å². The van der Waals surface area contributed by atoms with Crippen molar-refractivity contribution in [3.8, 4) is 6.07 Å². The van der Waals surface area contributed by atoms with Crippen molar-refractivity contribution in [1.82, 2.24) is 5.32 Å². The molecule has 1 heterocycles. The van der Waals surface area contributed by atoms with Crippen LogP contribution in [0.2, 0.25) is 5.02 Å². The van der Waals surface area contributed by atoms with Crippen LogP contribution in [0.5, 0.6) is 0 Å². The standard InChI is InChI=1S/C15H18ClN3O/c16-13-8-12(9-17)3-5-14(13)19-15(20)6-4-11-2-1-7-18-10-11/h3,5,8,11,18H,1-2,4,6-7,10H2,(H,19,20). The second-order valence-corrected chi connectivity index (χ2v) is 5.51. The van der Waals surface area contributed by atoms with E-state index in [0.717, 1.165) is 19.5 Å². The van der Waals surface area contributed by atoms with Gasteiger partial charge < -0.3 is 10.6 Å². The quantitative estimate of drug-likeness (QED) is 0.896. The van der Waals surface area contributed by atoms with Gasteiger partial charge in [-0.1, -0.05) is 11.6 Å². The molecule has 2 rings (SSSR count). The van der Waals surface area contributed by atoms with Crippen molar-refractivity contribution in [3.05, 3.63) is 28.8 Å². The van der Waals surface area contributed by atoms with Crippen molar-refractivity contribution < 1.29 is 4.79 Å². The molecule has 20 heavy (non-hydrogen) atoms. The van der Waals surface area contributed by atoms with Gasteiger partial charge in [0.15, 0.2) is 0 Å². The Balaban J connectivity index is 1.83. The number of halogens is 1. The van der Waals surface area contributed by atoms with Crippen LogP contribution in [-0.4, -0.2) is 19.0 Å². The molecular formula is C15H18ClN3O. The van der Waals surface area contributed by atoms with Gasteiger partial charge in [-0.25, -0.2) is 0 Å². The number of piperidine rings is 1. The van der Waals surface area contributed by atoms with Crippen molar-refractivity contribution in [2.24, 2.45) is 5.92 Å². The van der Waals surface area contributed by atoms with E-state index in [4.69, 9.17) is 16.9 Å². The zero-order valence-electron chi connectivity index (χ0n) is 11.3. The predicted octanol–water partition coefficient (Wildman–Crippen LogP) is 2.93. The van der Waals surface area contributed by atoms with Gasteiger partial charge in [-0.15, -0.1) is 0 Å². The number of nitriles is 1. The molecule has 1 saturated heterocycles. The Hall–Kier alpha value is -1.57. The maximum Gasteiger partial charge on any atom is 0.224 e. The van der Waals surface area contributed by atoms with Crippen LogP contribution in [-0.2, 0) is 4.79 Å². The first kappa shape index (κ1) is 14.8. The second-order valence-electron chi connectivity index (χ2n) is 5.11. The Morgan fingerprint density at radius 1 is 1.55 bits per heavy atom. The molecular weight excluding hydrogens is 274 g/mol. The molecule has 1 aromatic carbocycles. The van der Waals surface area contributed by atoms with Gasteiger partial charge in [0.25, 0.3) is 0 Å². The summed E-state index contributed by atoms with van der Waals surface area (Å²) in [7, 11) is 0. The summed E-state index contributed by atoms with van der Waals surface area (Å²) in [6.45, 7) is 2.09. The van der Waals surface area contributed by atoms with Crippen LogP contribution in [0.25, 0.3) is 0 Å². The van der Waals surface area contributed by atoms with Gasteiger partial charge in [0.2, 0.25) is 5.91 Å². The molecule has 1 aliphatic rings. The first-order valence-corrected chi connectivity index (χ1v) is 7.27. The maximum absolute atomic E-state index is 11.9. The fraction of sp³-hybridized carbons (Fsp3) is 0.467. The van der Waals surface area contributed by atoms with E-state index >= 15 is 0 Å². The van der Waals surface area contributed by atoms with Gasteiger partial charge in [0.1, 0.15) is 0 Å². The van der Waals surface area contributed by atoms with Gasteiger partial charge in [-0.2, -0.15) is 5.26 Å². The molecule has 5 heteroatoms. The first-order chi connectivity index (χ1) is 9.69. The number of amides is 1. The van der Waals surface area contributed by atoms with Crippen LogP contribution >= 0.6 is 11.6 Å². The number of anilines is 1. The van der Waals surface area contributed by atoms with Crippen LogP contribution < -0.4 is 10.6 Å². The van der Waals surface area contributed by atoms with Gasteiger partial charge in [0, 0.05) is 6.42 Å². The molecule has 1 aromatic rings. The van der Waals surface area contributed by atoms with E-state index < -0.39 is 0 Å². The number of rotatable bonds is 4. The molecule has 0 saturated carbocycles. The highest BCUT2D eigenvalue weighted by molar-refractivity contribution is 6.33. The van der Waals surface area contributed by atoms with Crippen LogP contribution in [0, 0.1) is 17.2 Å². The monoisotopic (exact) mass is 291 g/mol. The molecule has 1 atom stereocenters. The number of nitrogens with zero attached hydrogens (tertiary/aromatic N) is 1. The summed E-state index contributed by atoms with van der Waals surface area (Å²) in [6, 6.07) is 6.88. The molecule has 106 valence electrons. The summed E-state index contributed by atoms with van der Waals surface area (Å²) in [6.07, 6.45) is 3.78. The van der Waals surface area contributed by atoms with E-state index in [1.807, 2.05) is 6.07 Å². The first-order valence-electron chi connectivity index (χ1n) is 6.89. The van der Waals surface area contributed by atoms with E-state index in [1.54, 1.807) is 18.2 Å². The topological polar surface area (TPSA) is 64.9 Å².